The molecule has 0 saturated carbocycles. The lowest BCUT2D eigenvalue weighted by Gasteiger charge is -2.09. The normalized spacial score (nSPS) is 16.0. The smallest absolute Gasteiger partial charge is 0.178 e. The molecule has 3 aromatic heterocycles. The first kappa shape index (κ1) is 31.7. The van der Waals surface area contributed by atoms with Crippen LogP contribution in [-0.4, -0.2) is 82.8 Å². The van der Waals surface area contributed by atoms with E-state index in [9.17, 15) is 0 Å². The van der Waals surface area contributed by atoms with E-state index in [-0.39, 0.29) is 0 Å². The molecular formula is C34H38N7O6+. The first-order valence-electron chi connectivity index (χ1n) is 15.5. The second-order valence-electron chi connectivity index (χ2n) is 10.7. The molecule has 4 aliphatic rings. The van der Waals surface area contributed by atoms with Crippen molar-refractivity contribution in [1.29, 1.82) is 0 Å². The van der Waals surface area contributed by atoms with Crippen LogP contribution in [0.5, 0.6) is 23.0 Å². The SMILES string of the molecule is C[n+]1cc2cc(c1)-c1cn(nn1)CCOc1ccc(cc1)OCCOC/C=C\COCCOc1ccc(cc1)OCCn1cc-2nn1. The van der Waals surface area contributed by atoms with Gasteiger partial charge in [0.1, 0.15) is 67.9 Å². The summed E-state index contributed by atoms with van der Waals surface area (Å²) in [6.07, 6.45) is 11.7. The predicted octanol–water partition coefficient (Wildman–Crippen LogP) is 3.55. The highest BCUT2D eigenvalue weighted by Crippen LogP contribution is 2.22. The maximum atomic E-state index is 5.92. The van der Waals surface area contributed by atoms with Gasteiger partial charge >= 0.3 is 0 Å². The third kappa shape index (κ3) is 9.61. The molecule has 0 spiro atoms. The highest BCUT2D eigenvalue weighted by atomic mass is 16.5. The molecule has 7 heterocycles. The van der Waals surface area contributed by atoms with Gasteiger partial charge in [0.25, 0.3) is 0 Å². The zero-order valence-corrected chi connectivity index (χ0v) is 26.3. The molecule has 9 rings (SSSR count). The van der Waals surface area contributed by atoms with Crippen molar-refractivity contribution in [3.05, 3.63) is 91.5 Å². The van der Waals surface area contributed by atoms with Gasteiger partial charge in [0.15, 0.2) is 12.4 Å². The average molecular weight is 641 g/mol. The number of pyridine rings is 1. The Bertz CT molecular complexity index is 1600. The molecule has 0 amide bonds. The van der Waals surface area contributed by atoms with Crippen molar-refractivity contribution in [2.24, 2.45) is 7.05 Å². The molecule has 0 atom stereocenters. The van der Waals surface area contributed by atoms with Crippen molar-refractivity contribution >= 4 is 0 Å². The van der Waals surface area contributed by atoms with Gasteiger partial charge in [-0.05, 0) is 54.6 Å². The minimum atomic E-state index is 0.440. The molecule has 13 heteroatoms. The van der Waals surface area contributed by atoms with Crippen molar-refractivity contribution < 1.29 is 33.0 Å². The van der Waals surface area contributed by atoms with Crippen LogP contribution >= 0.6 is 0 Å². The molecule has 0 radical (unpaired) electrons. The van der Waals surface area contributed by atoms with Crippen molar-refractivity contribution in [2.45, 2.75) is 13.1 Å². The van der Waals surface area contributed by atoms with Gasteiger partial charge in [-0.25, -0.2) is 13.9 Å². The summed E-state index contributed by atoms with van der Waals surface area (Å²) in [5, 5.41) is 17.4. The van der Waals surface area contributed by atoms with Crippen molar-refractivity contribution in [3.8, 4) is 45.5 Å². The van der Waals surface area contributed by atoms with Crippen molar-refractivity contribution in [1.82, 2.24) is 30.0 Å². The molecule has 5 aromatic rings. The second kappa shape index (κ2) is 16.3. The fraction of sp³-hybridized carbons (Fsp3) is 0.324. The molecule has 0 N–H and O–H groups in total. The summed E-state index contributed by atoms with van der Waals surface area (Å²) in [4.78, 5) is 0. The zero-order chi connectivity index (χ0) is 32.1. The fourth-order valence-electron chi connectivity index (χ4n) is 4.73. The van der Waals surface area contributed by atoms with Gasteiger partial charge in [0.05, 0.1) is 63.0 Å². The van der Waals surface area contributed by atoms with Gasteiger partial charge in [0.2, 0.25) is 0 Å². The van der Waals surface area contributed by atoms with E-state index in [1.54, 1.807) is 9.36 Å². The van der Waals surface area contributed by atoms with Crippen LogP contribution in [0.1, 0.15) is 0 Å². The number of nitrogens with zero attached hydrogens (tertiary/aromatic N) is 7. The average Bonchev–Trinajstić information content (AvgIpc) is 3.76. The Kier molecular flexibility index (Phi) is 11.0. The maximum absolute atomic E-state index is 5.92. The second-order valence-corrected chi connectivity index (χ2v) is 10.7. The topological polar surface area (TPSA) is 121 Å². The number of hydrogen-bond acceptors (Lipinski definition) is 10. The summed E-state index contributed by atoms with van der Waals surface area (Å²) in [5.74, 6) is 3.00. The lowest BCUT2D eigenvalue weighted by atomic mass is 10.1. The number of aryl methyl sites for hydroxylation is 1. The van der Waals surface area contributed by atoms with E-state index in [1.807, 2.05) is 103 Å². The first-order valence-corrected chi connectivity index (χ1v) is 15.5. The predicted molar refractivity (Wildman–Crippen MR) is 171 cm³/mol. The Balaban J connectivity index is 1.10. The van der Waals surface area contributed by atoms with Crippen molar-refractivity contribution in [2.75, 3.05) is 52.9 Å². The van der Waals surface area contributed by atoms with E-state index in [1.165, 1.54) is 0 Å². The van der Waals surface area contributed by atoms with Gasteiger partial charge in [-0.1, -0.05) is 22.6 Å². The van der Waals surface area contributed by atoms with Crippen LogP contribution < -0.4 is 23.5 Å². The largest absolute Gasteiger partial charge is 0.492 e. The maximum Gasteiger partial charge on any atom is 0.178 e. The van der Waals surface area contributed by atoms with Gasteiger partial charge in [-0.3, -0.25) is 0 Å². The standard InChI is InChI=1S/C34H38N7O6/c1-39-23-27-22-28(24-39)34-26-41(38-36-34)13-17-45-30-6-10-32(11-7-30)47-21-19-43-15-3-2-14-42-18-20-46-31-8-4-29(5-9-31)44-16-12-40-25-33(27)35-37-40/h2-11,22-26H,12-21H2,1H3/q+1/b3-2-. The van der Waals surface area contributed by atoms with E-state index in [4.69, 9.17) is 28.4 Å². The Morgan fingerprint density at radius 2 is 0.957 bits per heavy atom. The molecule has 0 saturated heterocycles. The Morgan fingerprint density at radius 1 is 0.553 bits per heavy atom. The summed E-state index contributed by atoms with van der Waals surface area (Å²) in [5.41, 5.74) is 3.34. The summed E-state index contributed by atoms with van der Waals surface area (Å²) in [6.45, 7) is 4.80. The molecule has 10 bridgehead atoms. The van der Waals surface area contributed by atoms with E-state index < -0.39 is 0 Å². The van der Waals surface area contributed by atoms with Crippen LogP contribution in [0.4, 0.5) is 0 Å². The molecular weight excluding hydrogens is 602 g/mol. The van der Waals surface area contributed by atoms with Crippen LogP contribution in [0.3, 0.4) is 0 Å². The number of aromatic nitrogens is 7. The minimum Gasteiger partial charge on any atom is -0.492 e. The molecule has 0 aliphatic carbocycles. The Hall–Kier alpha value is -5.27. The number of hydrogen-bond donors (Lipinski definition) is 0. The Labute approximate surface area is 272 Å². The van der Waals surface area contributed by atoms with Gasteiger partial charge < -0.3 is 28.4 Å². The molecule has 0 unspecified atom stereocenters. The fourth-order valence-corrected chi connectivity index (χ4v) is 4.73. The lowest BCUT2D eigenvalue weighted by Crippen LogP contribution is -2.27. The van der Waals surface area contributed by atoms with E-state index in [2.05, 4.69) is 20.6 Å². The molecule has 2 aromatic carbocycles. The molecule has 4 aliphatic heterocycles. The van der Waals surface area contributed by atoms with Crippen LogP contribution in [0, 0.1) is 0 Å². The summed E-state index contributed by atoms with van der Waals surface area (Å²) < 4.78 is 40.1. The summed E-state index contributed by atoms with van der Waals surface area (Å²) in [7, 11) is 1.97. The first-order chi connectivity index (χ1) is 23.2. The molecule has 13 nitrogen and oxygen atoms in total. The van der Waals surface area contributed by atoms with E-state index >= 15 is 0 Å². The van der Waals surface area contributed by atoms with Gasteiger partial charge in [-0.15, -0.1) is 10.2 Å². The number of benzene rings is 2. The third-order valence-corrected chi connectivity index (χ3v) is 7.08. The van der Waals surface area contributed by atoms with Crippen LogP contribution in [-0.2, 0) is 29.6 Å². The van der Waals surface area contributed by atoms with Crippen LogP contribution in [0.25, 0.3) is 22.5 Å². The lowest BCUT2D eigenvalue weighted by molar-refractivity contribution is -0.670. The quantitative estimate of drug-likeness (QED) is 0.184. The molecule has 244 valence electrons. The van der Waals surface area contributed by atoms with Gasteiger partial charge in [-0.2, -0.15) is 0 Å². The summed E-state index contributed by atoms with van der Waals surface area (Å²) in [6, 6.07) is 17.1. The monoisotopic (exact) mass is 640 g/mol. The van der Waals surface area contributed by atoms with Crippen LogP contribution in [0.15, 0.2) is 91.5 Å². The van der Waals surface area contributed by atoms with Crippen molar-refractivity contribution in [3.63, 3.8) is 0 Å². The van der Waals surface area contributed by atoms with Gasteiger partial charge in [0, 0.05) is 0 Å². The van der Waals surface area contributed by atoms with E-state index in [0.29, 0.717) is 65.9 Å². The number of rotatable bonds is 0. The van der Waals surface area contributed by atoms with E-state index in [0.717, 1.165) is 45.5 Å². The molecule has 0 fully saturated rings. The minimum absolute atomic E-state index is 0.440. The highest BCUT2D eigenvalue weighted by Gasteiger charge is 2.14. The zero-order valence-electron chi connectivity index (χ0n) is 26.3. The Morgan fingerprint density at radius 3 is 1.38 bits per heavy atom. The summed E-state index contributed by atoms with van der Waals surface area (Å²) >= 11 is 0. The van der Waals surface area contributed by atoms with Crippen LogP contribution in [0.2, 0.25) is 0 Å². The molecule has 47 heavy (non-hydrogen) atoms. The number of ether oxygens (including phenoxy) is 6. The highest BCUT2D eigenvalue weighted by molar-refractivity contribution is 5.65. The third-order valence-electron chi connectivity index (χ3n) is 7.08.